The van der Waals surface area contributed by atoms with Crippen LogP contribution in [-0.2, 0) is 55.1 Å². The minimum Gasteiger partial charge on any atom is -0.477 e. The van der Waals surface area contributed by atoms with Gasteiger partial charge in [-0.2, -0.15) is 34.9 Å². The number of halogens is 6. The Morgan fingerprint density at radius 2 is 0.717 bits per heavy atom. The summed E-state index contributed by atoms with van der Waals surface area (Å²) in [5, 5.41) is 39.2. The summed E-state index contributed by atoms with van der Waals surface area (Å²) in [4.78, 5) is 42.1. The van der Waals surface area contributed by atoms with E-state index in [0.29, 0.717) is 101 Å². The Bertz CT molecular complexity index is 4940. The molecule has 0 aliphatic carbocycles. The van der Waals surface area contributed by atoms with Crippen molar-refractivity contribution in [2.24, 2.45) is 5.92 Å². The van der Waals surface area contributed by atoms with Crippen molar-refractivity contribution >= 4 is 54.5 Å². The molecule has 2 aliphatic rings. The number of nitrogens with zero attached hydrogens (tertiary/aromatic N) is 10. The van der Waals surface area contributed by atoms with E-state index in [1.165, 1.54) is 45.2 Å². The Morgan fingerprint density at radius 1 is 0.389 bits per heavy atom. The van der Waals surface area contributed by atoms with E-state index in [-0.39, 0.29) is 149 Å². The topological polar surface area (TPSA) is 293 Å². The number of aromatic nitrogens is 10. The lowest BCUT2D eigenvalue weighted by Crippen LogP contribution is -2.32. The lowest BCUT2D eigenvalue weighted by Gasteiger charge is -2.26. The third-order valence-electron chi connectivity index (χ3n) is 18.0. The highest BCUT2D eigenvalue weighted by Crippen LogP contribution is 2.39. The van der Waals surface area contributed by atoms with Gasteiger partial charge in [-0.05, 0) is 136 Å². The SMILES string of the molecule is CC(C)(C)c1cc(F)c2nc(C(C)(C)F)nc(OCCO)c2c1.CCOc1nc(OCCO)c2cc(C(C)(C)C)cc(F)c2n1.CCc1nc(OC2COCC2O)c2cc(C(C)(C)C)cc(F)c2n1.CCc1nc(OCC2COC2)c2cc(C(C)(C)C)cc(F)c2n1.COc1nc(OCCO)c2cc(C(C)(C)C)cc(F)c2n1. The van der Waals surface area contributed by atoms with Crippen molar-refractivity contribution < 1.29 is 89.4 Å². The van der Waals surface area contributed by atoms with Gasteiger partial charge < -0.3 is 63.1 Å². The molecule has 29 heteroatoms. The van der Waals surface area contributed by atoms with Crippen molar-refractivity contribution in [1.29, 1.82) is 0 Å². The average Bonchev–Trinajstić information content (AvgIpc) is 0.870. The molecule has 12 rings (SSSR count). The summed E-state index contributed by atoms with van der Waals surface area (Å²) >= 11 is 0. The van der Waals surface area contributed by atoms with E-state index in [0.717, 1.165) is 27.8 Å². The Balaban J connectivity index is 0.000000177. The first-order valence-electron chi connectivity index (χ1n) is 37.7. The number of aliphatic hydroxyl groups excluding tert-OH is 4. The number of alkyl halides is 1. The minimum atomic E-state index is -1.83. The summed E-state index contributed by atoms with van der Waals surface area (Å²) in [6, 6.07) is 16.7. The van der Waals surface area contributed by atoms with Gasteiger partial charge in [0.25, 0.3) is 0 Å². The Labute approximate surface area is 656 Å². The lowest BCUT2D eigenvalue weighted by atomic mass is 9.86. The monoisotopic (exact) mass is 1580 g/mol. The van der Waals surface area contributed by atoms with Crippen LogP contribution >= 0.6 is 0 Å². The van der Waals surface area contributed by atoms with E-state index in [2.05, 4.69) is 70.6 Å². The van der Waals surface area contributed by atoms with Crippen LogP contribution in [0.4, 0.5) is 26.3 Å². The molecule has 10 aromatic rings. The van der Waals surface area contributed by atoms with E-state index >= 15 is 0 Å². The predicted molar refractivity (Wildman–Crippen MR) is 420 cm³/mol. The summed E-state index contributed by atoms with van der Waals surface area (Å²) in [6.07, 6.45) is -0.0135. The molecular formula is C84H108F6N10O13. The van der Waals surface area contributed by atoms with Gasteiger partial charge in [-0.25, -0.2) is 41.3 Å². The Hall–Kier alpha value is -9.26. The number of rotatable bonds is 20. The van der Waals surface area contributed by atoms with Crippen molar-refractivity contribution in [2.45, 2.75) is 196 Å². The van der Waals surface area contributed by atoms with Gasteiger partial charge in [-0.3, -0.25) is 0 Å². The molecule has 113 heavy (non-hydrogen) atoms. The summed E-state index contributed by atoms with van der Waals surface area (Å²) in [6.45, 7) is 40.8. The van der Waals surface area contributed by atoms with Crippen LogP contribution in [0.15, 0.2) is 60.7 Å². The molecule has 0 spiro atoms. The fourth-order valence-corrected chi connectivity index (χ4v) is 11.2. The molecule has 2 saturated heterocycles. The summed E-state index contributed by atoms with van der Waals surface area (Å²) < 4.78 is 135. The highest BCUT2D eigenvalue weighted by molar-refractivity contribution is 5.89. The first kappa shape index (κ1) is 89.3. The van der Waals surface area contributed by atoms with Crippen molar-refractivity contribution in [3.05, 3.63) is 135 Å². The molecule has 7 heterocycles. The normalized spacial score (nSPS) is 14.8. The van der Waals surface area contributed by atoms with Gasteiger partial charge in [0.2, 0.25) is 29.4 Å². The number of fused-ring (bicyclic) bond motifs is 5. The first-order valence-corrected chi connectivity index (χ1v) is 37.7. The van der Waals surface area contributed by atoms with Crippen LogP contribution in [0.3, 0.4) is 0 Å². The molecule has 23 nitrogen and oxygen atoms in total. The van der Waals surface area contributed by atoms with Crippen LogP contribution in [0.25, 0.3) is 54.5 Å². The van der Waals surface area contributed by atoms with Crippen molar-refractivity contribution in [3.8, 4) is 41.4 Å². The minimum absolute atomic E-state index is 0.0143. The van der Waals surface area contributed by atoms with E-state index in [1.807, 2.05) is 121 Å². The maximum absolute atomic E-state index is 14.6. The molecule has 5 aromatic carbocycles. The number of hydrogen-bond donors (Lipinski definition) is 4. The predicted octanol–water partition coefficient (Wildman–Crippen LogP) is 15.3. The molecule has 0 bridgehead atoms. The first-order chi connectivity index (χ1) is 52.9. The quantitative estimate of drug-likeness (QED) is 0.0516. The van der Waals surface area contributed by atoms with Crippen LogP contribution in [0.2, 0.25) is 0 Å². The van der Waals surface area contributed by atoms with Crippen LogP contribution in [0.1, 0.15) is 184 Å². The van der Waals surface area contributed by atoms with Crippen LogP contribution in [0.5, 0.6) is 41.4 Å². The zero-order valence-corrected chi connectivity index (χ0v) is 68.6. The second kappa shape index (κ2) is 37.3. The molecule has 2 fully saturated rings. The maximum Gasteiger partial charge on any atom is 0.320 e. The van der Waals surface area contributed by atoms with Gasteiger partial charge in [-0.15, -0.1) is 0 Å². The second-order valence-corrected chi connectivity index (χ2v) is 32.9. The number of aliphatic hydroxyl groups is 4. The average molecular weight is 1580 g/mol. The summed E-state index contributed by atoms with van der Waals surface area (Å²) in [5.74, 6) is 0.470. The Kier molecular flexibility index (Phi) is 29.5. The molecule has 0 saturated carbocycles. The van der Waals surface area contributed by atoms with E-state index < -0.39 is 35.3 Å². The molecule has 2 atom stereocenters. The van der Waals surface area contributed by atoms with E-state index in [9.17, 15) is 31.4 Å². The van der Waals surface area contributed by atoms with Gasteiger partial charge in [0, 0.05) is 18.8 Å². The molecule has 0 radical (unpaired) electrons. The van der Waals surface area contributed by atoms with Gasteiger partial charge in [0.1, 0.15) is 94.2 Å². The van der Waals surface area contributed by atoms with Crippen molar-refractivity contribution in [1.82, 2.24) is 49.8 Å². The molecule has 5 aromatic heterocycles. The van der Waals surface area contributed by atoms with Crippen LogP contribution < -0.4 is 33.2 Å². The fourth-order valence-electron chi connectivity index (χ4n) is 11.2. The molecule has 2 unspecified atom stereocenters. The second-order valence-electron chi connectivity index (χ2n) is 32.9. The number of ether oxygens (including phenoxy) is 9. The van der Waals surface area contributed by atoms with E-state index in [1.54, 1.807) is 19.1 Å². The zero-order chi connectivity index (χ0) is 83.5. The molecular weight excluding hydrogens is 1470 g/mol. The standard InChI is InChI=1S/C18H23FN2O3.C18H23FN2O2.C17H22F2N2O2.C16H21FN2O3.C15H19FN2O3/c1-5-15-20-16-11(6-10(7-12(16)19)18(2,3)4)17(21-15)24-14-9-23-8-13(14)22;1-5-15-20-16-13(6-12(7-14(16)19)18(2,3)4)17(21-15)23-10-11-8-22-9-11;1-16(2,3)10-8-11-13(12(18)9-10)20-15(17(4,5)19)21-14(11)23-7-6-22;1-5-21-15-18-13-11(14(19-15)22-7-6-20)8-10(9-12(13)17)16(2,3)4;1-15(2,3)9-7-10-12(11(16)8-9)17-14(20-4)18-13(10)21-6-5-19/h6-7,13-14,22H,5,8-9H2,1-4H3;6-7,11H,5,8-10H2,1-4H3;8-9,22H,6-7H2,1-5H3;8-9,20H,5-7H2,1-4H3;7-8,19H,5-6H2,1-4H3. The molecule has 4 N–H and O–H groups in total. The molecule has 2 aliphatic heterocycles. The van der Waals surface area contributed by atoms with Crippen molar-refractivity contribution in [2.75, 3.05) is 86.4 Å². The molecule has 0 amide bonds. The summed E-state index contributed by atoms with van der Waals surface area (Å²) in [7, 11) is 1.40. The zero-order valence-electron chi connectivity index (χ0n) is 68.6. The maximum atomic E-state index is 14.6. The smallest absolute Gasteiger partial charge is 0.320 e. The fraction of sp³-hybridized carbons (Fsp3) is 0.524. The van der Waals surface area contributed by atoms with Gasteiger partial charge >= 0.3 is 12.0 Å². The third-order valence-corrected chi connectivity index (χ3v) is 18.0. The van der Waals surface area contributed by atoms with Crippen LogP contribution in [-0.4, -0.2) is 169 Å². The Morgan fingerprint density at radius 3 is 1.04 bits per heavy atom. The van der Waals surface area contributed by atoms with Gasteiger partial charge in [0.15, 0.2) is 17.6 Å². The highest BCUT2D eigenvalue weighted by Gasteiger charge is 2.32. The van der Waals surface area contributed by atoms with Gasteiger partial charge in [-0.1, -0.05) is 118 Å². The number of benzene rings is 5. The number of aryl methyl sites for hydroxylation is 2. The largest absolute Gasteiger partial charge is 0.477 e. The van der Waals surface area contributed by atoms with Crippen molar-refractivity contribution in [3.63, 3.8) is 0 Å². The summed E-state index contributed by atoms with van der Waals surface area (Å²) in [5.41, 5.74) is 2.12. The number of methoxy groups -OCH3 is 1. The molecule has 614 valence electrons. The van der Waals surface area contributed by atoms with E-state index in [4.69, 9.17) is 58.0 Å². The highest BCUT2D eigenvalue weighted by atomic mass is 19.2. The third kappa shape index (κ3) is 23.0. The number of hydrogen-bond acceptors (Lipinski definition) is 23. The lowest BCUT2D eigenvalue weighted by molar-refractivity contribution is -0.0512. The van der Waals surface area contributed by atoms with Crippen LogP contribution in [0, 0.1) is 35.0 Å². The van der Waals surface area contributed by atoms with Gasteiger partial charge in [0.05, 0.1) is 93.5 Å².